The molecule has 2 heterocycles. The third kappa shape index (κ3) is 4.72. The van der Waals surface area contributed by atoms with Crippen molar-refractivity contribution >= 4 is 22.7 Å². The van der Waals surface area contributed by atoms with Crippen molar-refractivity contribution in [3.8, 4) is 5.75 Å². The Hall–Kier alpha value is -3.32. The van der Waals surface area contributed by atoms with Crippen LogP contribution < -0.4 is 10.1 Å². The lowest BCUT2D eigenvalue weighted by atomic mass is 10.2. The zero-order chi connectivity index (χ0) is 21.8. The maximum atomic E-state index is 12.9. The second-order valence-corrected chi connectivity index (χ2v) is 7.84. The van der Waals surface area contributed by atoms with Crippen LogP contribution in [0.2, 0.25) is 0 Å². The summed E-state index contributed by atoms with van der Waals surface area (Å²) in [5.41, 5.74) is 2.57. The van der Waals surface area contributed by atoms with Crippen molar-refractivity contribution in [2.24, 2.45) is 0 Å². The van der Waals surface area contributed by atoms with Gasteiger partial charge >= 0.3 is 0 Å². The largest absolute Gasteiger partial charge is 0.497 e. The van der Waals surface area contributed by atoms with Gasteiger partial charge in [-0.15, -0.1) is 0 Å². The maximum absolute atomic E-state index is 12.9. The molecule has 7 heteroatoms. The first-order chi connectivity index (χ1) is 15.0. The summed E-state index contributed by atoms with van der Waals surface area (Å²) in [6, 6.07) is 17.2. The molecule has 3 aromatic rings. The molecule has 1 aliphatic heterocycles. The van der Waals surface area contributed by atoms with Crippen molar-refractivity contribution in [2.75, 3.05) is 33.3 Å². The molecule has 1 fully saturated rings. The van der Waals surface area contributed by atoms with Gasteiger partial charge in [-0.1, -0.05) is 30.3 Å². The topological polar surface area (TPSA) is 77.7 Å². The monoisotopic (exact) mass is 420 g/mol. The molecule has 0 saturated carbocycles. The van der Waals surface area contributed by atoms with Crippen LogP contribution >= 0.6 is 0 Å². The van der Waals surface area contributed by atoms with Crippen molar-refractivity contribution in [3.63, 3.8) is 0 Å². The van der Waals surface area contributed by atoms with Gasteiger partial charge in [0.25, 0.3) is 5.91 Å². The summed E-state index contributed by atoms with van der Waals surface area (Å²) in [6.45, 7) is 4.90. The lowest BCUT2D eigenvalue weighted by molar-refractivity contribution is -0.126. The highest BCUT2D eigenvalue weighted by Gasteiger charge is 2.28. The van der Waals surface area contributed by atoms with Crippen LogP contribution in [0.5, 0.6) is 5.75 Å². The zero-order valence-corrected chi connectivity index (χ0v) is 17.9. The van der Waals surface area contributed by atoms with E-state index >= 15 is 0 Å². The highest BCUT2D eigenvalue weighted by molar-refractivity contribution is 5.98. The van der Waals surface area contributed by atoms with E-state index in [2.05, 4.69) is 15.2 Å². The lowest BCUT2D eigenvalue weighted by Gasteiger charge is -2.37. The molecule has 0 radical (unpaired) electrons. The van der Waals surface area contributed by atoms with Crippen LogP contribution in [0.25, 0.3) is 10.9 Å². The van der Waals surface area contributed by atoms with Gasteiger partial charge < -0.3 is 19.9 Å². The second-order valence-electron chi connectivity index (χ2n) is 7.84. The quantitative estimate of drug-likeness (QED) is 0.643. The summed E-state index contributed by atoms with van der Waals surface area (Å²) >= 11 is 0. The number of rotatable bonds is 6. The number of aromatic nitrogens is 1. The Balaban J connectivity index is 1.29. The van der Waals surface area contributed by atoms with E-state index in [1.807, 2.05) is 66.4 Å². The fraction of sp³-hybridized carbons (Fsp3) is 0.333. The van der Waals surface area contributed by atoms with Gasteiger partial charge in [-0.05, 0) is 36.8 Å². The minimum atomic E-state index is -0.254. The molecule has 7 nitrogen and oxygen atoms in total. The Morgan fingerprint density at radius 3 is 2.58 bits per heavy atom. The summed E-state index contributed by atoms with van der Waals surface area (Å²) in [4.78, 5) is 32.7. The molecule has 2 aromatic carbocycles. The predicted molar refractivity (Wildman–Crippen MR) is 120 cm³/mol. The maximum Gasteiger partial charge on any atom is 0.270 e. The predicted octanol–water partition coefficient (Wildman–Crippen LogP) is 2.64. The van der Waals surface area contributed by atoms with E-state index in [1.165, 1.54) is 0 Å². The van der Waals surface area contributed by atoms with E-state index in [-0.39, 0.29) is 17.9 Å². The number of fused-ring (bicyclic) bond motifs is 1. The molecule has 31 heavy (non-hydrogen) atoms. The summed E-state index contributed by atoms with van der Waals surface area (Å²) in [5.74, 6) is 0.764. The molecule has 1 aromatic heterocycles. The number of nitrogens with zero attached hydrogens (tertiary/aromatic N) is 2. The molecule has 1 unspecified atom stereocenters. The first-order valence-corrected chi connectivity index (χ1v) is 10.6. The van der Waals surface area contributed by atoms with Gasteiger partial charge in [0, 0.05) is 43.6 Å². The van der Waals surface area contributed by atoms with Gasteiger partial charge in [-0.25, -0.2) is 0 Å². The van der Waals surface area contributed by atoms with Gasteiger partial charge in [0.05, 0.1) is 13.2 Å². The van der Waals surface area contributed by atoms with Crippen LogP contribution in [0, 0.1) is 0 Å². The number of benzene rings is 2. The fourth-order valence-corrected chi connectivity index (χ4v) is 3.96. The number of H-pyrrole nitrogens is 1. The molecule has 2 N–H and O–H groups in total. The Morgan fingerprint density at radius 1 is 1.06 bits per heavy atom. The smallest absolute Gasteiger partial charge is 0.270 e. The number of hydrogen-bond acceptors (Lipinski definition) is 4. The van der Waals surface area contributed by atoms with Crippen molar-refractivity contribution in [1.29, 1.82) is 0 Å². The molecular weight excluding hydrogens is 392 g/mol. The molecule has 1 atom stereocenters. The SMILES string of the molecule is COc1cccc(CNC(=O)C(C)N2CCN(C(=O)c3cc4ccccc4[nH]3)CC2)c1. The highest BCUT2D eigenvalue weighted by atomic mass is 16.5. The van der Waals surface area contributed by atoms with Crippen molar-refractivity contribution in [1.82, 2.24) is 20.1 Å². The molecule has 4 rings (SSSR count). The number of para-hydroxylation sites is 1. The highest BCUT2D eigenvalue weighted by Crippen LogP contribution is 2.17. The minimum Gasteiger partial charge on any atom is -0.497 e. The standard InChI is InChI=1S/C24H28N4O3/c1-17(23(29)25-16-18-6-5-8-20(14-18)31-2)27-10-12-28(13-11-27)24(30)22-15-19-7-3-4-9-21(19)26-22/h3-9,14-15,17,26H,10-13,16H2,1-2H3,(H,25,29). The zero-order valence-electron chi connectivity index (χ0n) is 17.9. The number of methoxy groups -OCH3 is 1. The van der Waals surface area contributed by atoms with Crippen molar-refractivity contribution in [3.05, 3.63) is 65.9 Å². The summed E-state index contributed by atoms with van der Waals surface area (Å²) in [5, 5.41) is 4.03. The van der Waals surface area contributed by atoms with Gasteiger partial charge in [-0.2, -0.15) is 0 Å². The fourth-order valence-electron chi connectivity index (χ4n) is 3.96. The van der Waals surface area contributed by atoms with Crippen LogP contribution in [-0.2, 0) is 11.3 Å². The minimum absolute atomic E-state index is 0.00554. The van der Waals surface area contributed by atoms with E-state index in [9.17, 15) is 9.59 Å². The van der Waals surface area contributed by atoms with Crippen LogP contribution in [-0.4, -0.2) is 65.9 Å². The van der Waals surface area contributed by atoms with Gasteiger partial charge in [0.2, 0.25) is 5.91 Å². The number of carbonyl (C=O) groups excluding carboxylic acids is 2. The average molecular weight is 421 g/mol. The Bertz CT molecular complexity index is 1040. The average Bonchev–Trinajstić information content (AvgIpc) is 3.26. The Morgan fingerprint density at radius 2 is 1.84 bits per heavy atom. The number of aromatic amines is 1. The van der Waals surface area contributed by atoms with E-state index in [4.69, 9.17) is 4.74 Å². The lowest BCUT2D eigenvalue weighted by Crippen LogP contribution is -2.54. The van der Waals surface area contributed by atoms with E-state index in [0.717, 1.165) is 22.2 Å². The summed E-state index contributed by atoms with van der Waals surface area (Å²) < 4.78 is 5.23. The number of carbonyl (C=O) groups is 2. The molecule has 1 saturated heterocycles. The molecule has 0 aliphatic carbocycles. The Kier molecular flexibility index (Phi) is 6.23. The van der Waals surface area contributed by atoms with Crippen LogP contribution in [0.15, 0.2) is 54.6 Å². The number of amides is 2. The van der Waals surface area contributed by atoms with Gasteiger partial charge in [0.1, 0.15) is 11.4 Å². The van der Waals surface area contributed by atoms with Crippen LogP contribution in [0.4, 0.5) is 0 Å². The number of ether oxygens (including phenoxy) is 1. The van der Waals surface area contributed by atoms with E-state index in [1.54, 1.807) is 7.11 Å². The van der Waals surface area contributed by atoms with Crippen molar-refractivity contribution < 1.29 is 14.3 Å². The third-order valence-corrected chi connectivity index (χ3v) is 5.89. The first-order valence-electron chi connectivity index (χ1n) is 10.6. The molecular formula is C24H28N4O3. The van der Waals surface area contributed by atoms with E-state index in [0.29, 0.717) is 38.4 Å². The summed E-state index contributed by atoms with van der Waals surface area (Å²) in [7, 11) is 1.63. The Labute approximate surface area is 182 Å². The molecule has 0 bridgehead atoms. The molecule has 2 amide bonds. The number of hydrogen-bond donors (Lipinski definition) is 2. The van der Waals surface area contributed by atoms with Crippen LogP contribution in [0.3, 0.4) is 0 Å². The van der Waals surface area contributed by atoms with Crippen molar-refractivity contribution in [2.45, 2.75) is 19.5 Å². The second kappa shape index (κ2) is 9.22. The van der Waals surface area contributed by atoms with Crippen LogP contribution in [0.1, 0.15) is 23.0 Å². The molecule has 1 aliphatic rings. The first kappa shape index (κ1) is 20.9. The van der Waals surface area contributed by atoms with Gasteiger partial charge in [0.15, 0.2) is 0 Å². The molecule has 0 spiro atoms. The normalized spacial score (nSPS) is 15.6. The third-order valence-electron chi connectivity index (χ3n) is 5.89. The summed E-state index contributed by atoms with van der Waals surface area (Å²) in [6.07, 6.45) is 0. The van der Waals surface area contributed by atoms with E-state index < -0.39 is 0 Å². The number of piperazine rings is 1. The number of nitrogens with one attached hydrogen (secondary N) is 2. The molecule has 162 valence electrons. The van der Waals surface area contributed by atoms with Gasteiger partial charge in [-0.3, -0.25) is 14.5 Å².